The fourth-order valence-corrected chi connectivity index (χ4v) is 2.83. The molecule has 2 atom stereocenters. The first-order valence-electron chi connectivity index (χ1n) is 6.48. The van der Waals surface area contributed by atoms with E-state index in [0.717, 1.165) is 24.2 Å². The first-order valence-corrected chi connectivity index (χ1v) is 6.48. The van der Waals surface area contributed by atoms with Crippen molar-refractivity contribution in [1.29, 1.82) is 0 Å². The Morgan fingerprint density at radius 1 is 1.33 bits per heavy atom. The van der Waals surface area contributed by atoms with Gasteiger partial charge in [-0.3, -0.25) is 0 Å². The zero-order valence-corrected chi connectivity index (χ0v) is 10.6. The SMILES string of the molecule is CC1(c2nc3nc(N)ccc3[nH]2)CCCCC1N. The van der Waals surface area contributed by atoms with Gasteiger partial charge in [0.15, 0.2) is 5.65 Å². The summed E-state index contributed by atoms with van der Waals surface area (Å²) in [6.07, 6.45) is 4.55. The Morgan fingerprint density at radius 2 is 2.17 bits per heavy atom. The average Bonchev–Trinajstić information content (AvgIpc) is 2.76. The molecular weight excluding hydrogens is 226 g/mol. The molecule has 1 aliphatic carbocycles. The van der Waals surface area contributed by atoms with E-state index in [9.17, 15) is 0 Å². The molecule has 0 bridgehead atoms. The summed E-state index contributed by atoms with van der Waals surface area (Å²) in [4.78, 5) is 12.2. The van der Waals surface area contributed by atoms with Gasteiger partial charge in [-0.25, -0.2) is 9.97 Å². The predicted octanol–water partition coefficient (Wildman–Crippen LogP) is 1.70. The summed E-state index contributed by atoms with van der Waals surface area (Å²) in [5.74, 6) is 1.45. The van der Waals surface area contributed by atoms with Gasteiger partial charge < -0.3 is 16.5 Å². The van der Waals surface area contributed by atoms with E-state index in [2.05, 4.69) is 21.9 Å². The molecule has 0 amide bonds. The lowest BCUT2D eigenvalue weighted by molar-refractivity contribution is 0.260. The number of nitrogens with one attached hydrogen (secondary N) is 1. The Hall–Kier alpha value is -1.62. The molecule has 18 heavy (non-hydrogen) atoms. The van der Waals surface area contributed by atoms with Gasteiger partial charge in [0.2, 0.25) is 0 Å². The molecule has 0 radical (unpaired) electrons. The number of H-pyrrole nitrogens is 1. The Bertz CT molecular complexity index is 576. The summed E-state index contributed by atoms with van der Waals surface area (Å²) in [6.45, 7) is 2.19. The number of hydrogen-bond acceptors (Lipinski definition) is 4. The number of nitrogen functional groups attached to an aromatic ring is 1. The standard InChI is InChI=1S/C13H19N5/c1-13(7-3-2-4-9(13)14)12-16-8-5-6-10(15)17-11(8)18-12/h5-6,9H,2-4,7,14H2,1H3,(H3,15,16,17,18). The summed E-state index contributed by atoms with van der Waals surface area (Å²) < 4.78 is 0. The van der Waals surface area contributed by atoms with Gasteiger partial charge >= 0.3 is 0 Å². The molecule has 0 aliphatic heterocycles. The highest BCUT2D eigenvalue weighted by atomic mass is 15.0. The molecule has 2 aromatic rings. The lowest BCUT2D eigenvalue weighted by Gasteiger charge is -2.37. The van der Waals surface area contributed by atoms with E-state index >= 15 is 0 Å². The minimum absolute atomic E-state index is 0.0757. The van der Waals surface area contributed by atoms with Crippen molar-refractivity contribution in [3.8, 4) is 0 Å². The Morgan fingerprint density at radius 3 is 2.94 bits per heavy atom. The van der Waals surface area contributed by atoms with E-state index in [1.165, 1.54) is 12.8 Å². The number of nitrogens with zero attached hydrogens (tertiary/aromatic N) is 2. The van der Waals surface area contributed by atoms with Crippen molar-refractivity contribution in [2.45, 2.75) is 44.1 Å². The molecule has 1 aliphatic rings. The van der Waals surface area contributed by atoms with E-state index in [1.807, 2.05) is 6.07 Å². The molecule has 5 nitrogen and oxygen atoms in total. The van der Waals surface area contributed by atoms with Crippen molar-refractivity contribution in [3.63, 3.8) is 0 Å². The molecule has 5 N–H and O–H groups in total. The number of aromatic nitrogens is 3. The van der Waals surface area contributed by atoms with Gasteiger partial charge in [0.1, 0.15) is 11.6 Å². The zero-order chi connectivity index (χ0) is 12.8. The van der Waals surface area contributed by atoms with Gasteiger partial charge in [-0.2, -0.15) is 0 Å². The van der Waals surface area contributed by atoms with Crippen molar-refractivity contribution in [3.05, 3.63) is 18.0 Å². The molecule has 2 heterocycles. The zero-order valence-electron chi connectivity index (χ0n) is 10.6. The fourth-order valence-electron chi connectivity index (χ4n) is 2.83. The van der Waals surface area contributed by atoms with Crippen LogP contribution in [-0.2, 0) is 5.41 Å². The number of pyridine rings is 1. The van der Waals surface area contributed by atoms with E-state index in [-0.39, 0.29) is 11.5 Å². The largest absolute Gasteiger partial charge is 0.384 e. The van der Waals surface area contributed by atoms with Crippen LogP contribution in [0.4, 0.5) is 5.82 Å². The Labute approximate surface area is 106 Å². The maximum Gasteiger partial charge on any atom is 0.179 e. The van der Waals surface area contributed by atoms with Gasteiger partial charge in [-0.1, -0.05) is 19.8 Å². The molecule has 3 rings (SSSR count). The predicted molar refractivity (Wildman–Crippen MR) is 72.1 cm³/mol. The van der Waals surface area contributed by atoms with E-state index in [0.29, 0.717) is 11.5 Å². The Balaban J connectivity index is 2.07. The highest BCUT2D eigenvalue weighted by Crippen LogP contribution is 2.37. The highest BCUT2D eigenvalue weighted by molar-refractivity contribution is 5.72. The second-order valence-electron chi connectivity index (χ2n) is 5.46. The van der Waals surface area contributed by atoms with Crippen LogP contribution in [0.5, 0.6) is 0 Å². The number of nitrogens with two attached hydrogens (primary N) is 2. The first-order chi connectivity index (χ1) is 8.59. The van der Waals surface area contributed by atoms with Gasteiger partial charge in [0, 0.05) is 11.5 Å². The molecular formula is C13H19N5. The normalized spacial score (nSPS) is 28.7. The molecule has 1 fully saturated rings. The molecule has 2 unspecified atom stereocenters. The van der Waals surface area contributed by atoms with Crippen LogP contribution < -0.4 is 11.5 Å². The van der Waals surface area contributed by atoms with Crippen molar-refractivity contribution in [1.82, 2.24) is 15.0 Å². The second kappa shape index (κ2) is 3.95. The van der Waals surface area contributed by atoms with Gasteiger partial charge in [-0.05, 0) is 25.0 Å². The third kappa shape index (κ3) is 1.66. The molecule has 0 saturated heterocycles. The van der Waals surface area contributed by atoms with Crippen molar-refractivity contribution >= 4 is 17.0 Å². The van der Waals surface area contributed by atoms with E-state index < -0.39 is 0 Å². The van der Waals surface area contributed by atoms with Crippen LogP contribution in [0.2, 0.25) is 0 Å². The topological polar surface area (TPSA) is 93.6 Å². The number of fused-ring (bicyclic) bond motifs is 1. The Kier molecular flexibility index (Phi) is 2.52. The maximum absolute atomic E-state index is 6.29. The van der Waals surface area contributed by atoms with Crippen LogP contribution in [0.25, 0.3) is 11.2 Å². The lowest BCUT2D eigenvalue weighted by atomic mass is 9.71. The summed E-state index contributed by atoms with van der Waals surface area (Å²) >= 11 is 0. The highest BCUT2D eigenvalue weighted by Gasteiger charge is 2.38. The van der Waals surface area contributed by atoms with E-state index in [1.54, 1.807) is 6.07 Å². The summed E-state index contributed by atoms with van der Waals surface area (Å²) in [7, 11) is 0. The van der Waals surface area contributed by atoms with Gasteiger partial charge in [0.05, 0.1) is 5.52 Å². The molecule has 1 saturated carbocycles. The summed E-state index contributed by atoms with van der Waals surface area (Å²) in [6, 6.07) is 3.86. The first kappa shape index (κ1) is 11.5. The maximum atomic E-state index is 6.29. The second-order valence-corrected chi connectivity index (χ2v) is 5.46. The minimum atomic E-state index is -0.0757. The van der Waals surface area contributed by atoms with Gasteiger partial charge in [-0.15, -0.1) is 0 Å². The quantitative estimate of drug-likeness (QED) is 0.712. The summed E-state index contributed by atoms with van der Waals surface area (Å²) in [5.41, 5.74) is 13.5. The van der Waals surface area contributed by atoms with Crippen LogP contribution in [0.15, 0.2) is 12.1 Å². The molecule has 5 heteroatoms. The average molecular weight is 245 g/mol. The number of rotatable bonds is 1. The summed E-state index contributed by atoms with van der Waals surface area (Å²) in [5, 5.41) is 0. The number of anilines is 1. The van der Waals surface area contributed by atoms with E-state index in [4.69, 9.17) is 11.5 Å². The molecule has 96 valence electrons. The number of imidazole rings is 1. The molecule has 0 aromatic carbocycles. The third-order valence-corrected chi connectivity index (χ3v) is 4.19. The monoisotopic (exact) mass is 245 g/mol. The van der Waals surface area contributed by atoms with Crippen molar-refractivity contribution in [2.24, 2.45) is 5.73 Å². The number of aromatic amines is 1. The van der Waals surface area contributed by atoms with Gasteiger partial charge in [0.25, 0.3) is 0 Å². The minimum Gasteiger partial charge on any atom is -0.384 e. The van der Waals surface area contributed by atoms with Crippen LogP contribution in [0.1, 0.15) is 38.4 Å². The van der Waals surface area contributed by atoms with Crippen molar-refractivity contribution in [2.75, 3.05) is 5.73 Å². The van der Waals surface area contributed by atoms with Crippen LogP contribution in [0, 0.1) is 0 Å². The lowest BCUT2D eigenvalue weighted by Crippen LogP contribution is -2.46. The fraction of sp³-hybridized carbons (Fsp3) is 0.538. The van der Waals surface area contributed by atoms with Crippen LogP contribution in [0.3, 0.4) is 0 Å². The van der Waals surface area contributed by atoms with Crippen LogP contribution in [-0.4, -0.2) is 21.0 Å². The third-order valence-electron chi connectivity index (χ3n) is 4.19. The number of hydrogen-bond donors (Lipinski definition) is 3. The molecule has 0 spiro atoms. The smallest absolute Gasteiger partial charge is 0.179 e. The van der Waals surface area contributed by atoms with Crippen LogP contribution >= 0.6 is 0 Å². The molecule has 2 aromatic heterocycles. The van der Waals surface area contributed by atoms with Crippen molar-refractivity contribution < 1.29 is 0 Å².